The predicted molar refractivity (Wildman–Crippen MR) is 123 cm³/mol. The van der Waals surface area contributed by atoms with E-state index in [9.17, 15) is 4.79 Å². The molecule has 0 aliphatic heterocycles. The van der Waals surface area contributed by atoms with Gasteiger partial charge in [0.15, 0.2) is 11.0 Å². The highest BCUT2D eigenvalue weighted by molar-refractivity contribution is 7.99. The van der Waals surface area contributed by atoms with Crippen LogP contribution in [-0.4, -0.2) is 39.2 Å². The number of nitrogens with one attached hydrogen (secondary N) is 1. The minimum Gasteiger partial charge on any atom is -0.497 e. The highest BCUT2D eigenvalue weighted by Crippen LogP contribution is 2.28. The van der Waals surface area contributed by atoms with E-state index >= 15 is 0 Å². The zero-order valence-corrected chi connectivity index (χ0v) is 18.4. The molecule has 0 bridgehead atoms. The van der Waals surface area contributed by atoms with E-state index in [2.05, 4.69) is 20.7 Å². The van der Waals surface area contributed by atoms with Gasteiger partial charge in [0, 0.05) is 11.3 Å². The molecule has 0 radical (unpaired) electrons. The molecule has 1 amide bonds. The highest BCUT2D eigenvalue weighted by atomic mass is 32.2. The maximum absolute atomic E-state index is 12.4. The zero-order valence-electron chi connectivity index (χ0n) is 17.6. The lowest BCUT2D eigenvalue weighted by Crippen LogP contribution is -2.21. The van der Waals surface area contributed by atoms with Crippen LogP contribution in [0, 0.1) is 0 Å². The highest BCUT2D eigenvalue weighted by Gasteiger charge is 2.17. The standard InChI is InChI=1S/C23H21N5O3S/c1-16(20-9-6-14-31-20)24-25-21(29)15-32-23-27-26-22(17-7-4-3-5-8-17)28(23)18-10-12-19(30-2)13-11-18/h3-14H,15H2,1-2H3,(H,25,29)/b24-16+. The lowest BCUT2D eigenvalue weighted by atomic mass is 10.2. The topological polar surface area (TPSA) is 94.5 Å². The predicted octanol–water partition coefficient (Wildman–Crippen LogP) is 4.17. The number of carbonyl (C=O) groups is 1. The molecule has 0 saturated heterocycles. The molecule has 8 nitrogen and oxygen atoms in total. The maximum atomic E-state index is 12.4. The number of carbonyl (C=O) groups excluding carboxylic acids is 1. The Balaban J connectivity index is 1.55. The minimum atomic E-state index is -0.258. The zero-order chi connectivity index (χ0) is 22.3. The molecule has 4 aromatic rings. The molecule has 162 valence electrons. The van der Waals surface area contributed by atoms with Gasteiger partial charge in [-0.15, -0.1) is 10.2 Å². The Morgan fingerprint density at radius 1 is 1.09 bits per heavy atom. The molecule has 2 aromatic carbocycles. The first-order chi connectivity index (χ1) is 15.7. The Bertz CT molecular complexity index is 1200. The average Bonchev–Trinajstić information content (AvgIpc) is 3.52. The number of furan rings is 1. The molecule has 1 N–H and O–H groups in total. The molecule has 2 heterocycles. The van der Waals surface area contributed by atoms with E-state index in [-0.39, 0.29) is 11.7 Å². The number of hydrazone groups is 1. The first kappa shape index (κ1) is 21.4. The molecule has 32 heavy (non-hydrogen) atoms. The van der Waals surface area contributed by atoms with Gasteiger partial charge in [0.2, 0.25) is 0 Å². The second-order valence-corrected chi connectivity index (χ2v) is 7.65. The number of nitrogens with zero attached hydrogens (tertiary/aromatic N) is 4. The van der Waals surface area contributed by atoms with Crippen molar-refractivity contribution in [1.82, 2.24) is 20.2 Å². The monoisotopic (exact) mass is 447 g/mol. The van der Waals surface area contributed by atoms with Gasteiger partial charge >= 0.3 is 0 Å². The van der Waals surface area contributed by atoms with Gasteiger partial charge in [0.1, 0.15) is 17.2 Å². The summed E-state index contributed by atoms with van der Waals surface area (Å²) in [6, 6.07) is 20.9. The quantitative estimate of drug-likeness (QED) is 0.248. The second kappa shape index (κ2) is 9.97. The molecule has 4 rings (SSSR count). The molecule has 2 aromatic heterocycles. The van der Waals surface area contributed by atoms with Crippen LogP contribution in [0.15, 0.2) is 87.7 Å². The first-order valence-corrected chi connectivity index (χ1v) is 10.8. The molecule has 0 unspecified atom stereocenters. The average molecular weight is 448 g/mol. The van der Waals surface area contributed by atoms with Crippen molar-refractivity contribution in [2.24, 2.45) is 5.10 Å². The van der Waals surface area contributed by atoms with E-state index in [1.54, 1.807) is 32.4 Å². The van der Waals surface area contributed by atoms with Crippen LogP contribution in [0.5, 0.6) is 5.75 Å². The molecular formula is C23H21N5O3S. The number of benzene rings is 2. The number of hydrogen-bond acceptors (Lipinski definition) is 7. The molecule has 0 spiro atoms. The Morgan fingerprint density at radius 2 is 1.88 bits per heavy atom. The Morgan fingerprint density at radius 3 is 2.56 bits per heavy atom. The van der Waals surface area contributed by atoms with Crippen molar-refractivity contribution in [2.75, 3.05) is 12.9 Å². The van der Waals surface area contributed by atoms with Crippen LogP contribution in [0.25, 0.3) is 17.1 Å². The van der Waals surface area contributed by atoms with Crippen LogP contribution in [0.4, 0.5) is 0 Å². The summed E-state index contributed by atoms with van der Waals surface area (Å²) in [7, 11) is 1.62. The SMILES string of the molecule is COc1ccc(-n2c(SCC(=O)N/N=C(\C)c3ccco3)nnc2-c2ccccc2)cc1. The smallest absolute Gasteiger partial charge is 0.250 e. The van der Waals surface area contributed by atoms with E-state index in [0.717, 1.165) is 17.0 Å². The van der Waals surface area contributed by atoms with Crippen molar-refractivity contribution in [2.45, 2.75) is 12.1 Å². The summed E-state index contributed by atoms with van der Waals surface area (Å²) < 4.78 is 12.5. The number of hydrogen-bond donors (Lipinski definition) is 1. The number of rotatable bonds is 8. The van der Waals surface area contributed by atoms with Crippen molar-refractivity contribution in [3.63, 3.8) is 0 Å². The van der Waals surface area contributed by atoms with Crippen LogP contribution >= 0.6 is 11.8 Å². The van der Waals surface area contributed by atoms with Gasteiger partial charge in [0.25, 0.3) is 5.91 Å². The summed E-state index contributed by atoms with van der Waals surface area (Å²) in [5, 5.41) is 13.4. The van der Waals surface area contributed by atoms with Crippen LogP contribution in [-0.2, 0) is 4.79 Å². The first-order valence-electron chi connectivity index (χ1n) is 9.81. The fourth-order valence-electron chi connectivity index (χ4n) is 2.95. The number of ether oxygens (including phenoxy) is 1. The minimum absolute atomic E-state index is 0.123. The summed E-state index contributed by atoms with van der Waals surface area (Å²) in [6.45, 7) is 1.76. The van der Waals surface area contributed by atoms with Gasteiger partial charge in [-0.1, -0.05) is 42.1 Å². The Kier molecular flexibility index (Phi) is 6.66. The Hall–Kier alpha value is -3.85. The lowest BCUT2D eigenvalue weighted by Gasteiger charge is -2.11. The molecular weight excluding hydrogens is 426 g/mol. The molecule has 9 heteroatoms. The normalized spacial score (nSPS) is 11.4. The fourth-order valence-corrected chi connectivity index (χ4v) is 3.69. The number of aromatic nitrogens is 3. The van der Waals surface area contributed by atoms with Crippen molar-refractivity contribution in [3.8, 4) is 22.8 Å². The third kappa shape index (κ3) is 4.89. The van der Waals surface area contributed by atoms with E-state index in [4.69, 9.17) is 9.15 Å². The van der Waals surface area contributed by atoms with E-state index < -0.39 is 0 Å². The van der Waals surface area contributed by atoms with Gasteiger partial charge in [0.05, 0.1) is 19.1 Å². The summed E-state index contributed by atoms with van der Waals surface area (Å²) in [6.07, 6.45) is 1.56. The van der Waals surface area contributed by atoms with Crippen molar-refractivity contribution < 1.29 is 13.9 Å². The van der Waals surface area contributed by atoms with Gasteiger partial charge in [-0.05, 0) is 43.3 Å². The summed E-state index contributed by atoms with van der Waals surface area (Å²) in [4.78, 5) is 12.4. The Labute approximate surface area is 189 Å². The largest absolute Gasteiger partial charge is 0.497 e. The van der Waals surface area contributed by atoms with Crippen LogP contribution in [0.2, 0.25) is 0 Å². The maximum Gasteiger partial charge on any atom is 0.250 e. The molecule has 0 saturated carbocycles. The number of thioether (sulfide) groups is 1. The van der Waals surface area contributed by atoms with E-state index in [1.165, 1.54) is 11.8 Å². The fraction of sp³-hybridized carbons (Fsp3) is 0.130. The summed E-state index contributed by atoms with van der Waals surface area (Å²) in [5.74, 6) is 1.90. The molecule has 0 aliphatic rings. The van der Waals surface area contributed by atoms with Crippen LogP contribution in [0.3, 0.4) is 0 Å². The number of methoxy groups -OCH3 is 1. The summed E-state index contributed by atoms with van der Waals surface area (Å²) in [5.41, 5.74) is 4.92. The molecule has 0 fully saturated rings. The van der Waals surface area contributed by atoms with Crippen molar-refractivity contribution in [3.05, 3.63) is 78.8 Å². The molecule has 0 aliphatic carbocycles. The lowest BCUT2D eigenvalue weighted by molar-refractivity contribution is -0.118. The van der Waals surface area contributed by atoms with Crippen molar-refractivity contribution >= 4 is 23.4 Å². The van der Waals surface area contributed by atoms with Crippen LogP contribution in [0.1, 0.15) is 12.7 Å². The summed E-state index contributed by atoms with van der Waals surface area (Å²) >= 11 is 1.28. The third-order valence-corrected chi connectivity index (χ3v) is 5.48. The van der Waals surface area contributed by atoms with Gasteiger partial charge in [-0.3, -0.25) is 9.36 Å². The van der Waals surface area contributed by atoms with Gasteiger partial charge in [-0.2, -0.15) is 5.10 Å². The van der Waals surface area contributed by atoms with E-state index in [1.807, 2.05) is 59.2 Å². The van der Waals surface area contributed by atoms with Gasteiger partial charge < -0.3 is 9.15 Å². The van der Waals surface area contributed by atoms with Gasteiger partial charge in [-0.25, -0.2) is 5.43 Å². The third-order valence-electron chi connectivity index (χ3n) is 4.55. The van der Waals surface area contributed by atoms with Crippen LogP contribution < -0.4 is 10.2 Å². The number of amides is 1. The molecule has 0 atom stereocenters. The van der Waals surface area contributed by atoms with E-state index in [0.29, 0.717) is 22.5 Å². The second-order valence-electron chi connectivity index (χ2n) is 6.70. The van der Waals surface area contributed by atoms with Crippen molar-refractivity contribution in [1.29, 1.82) is 0 Å².